The van der Waals surface area contributed by atoms with Crippen molar-refractivity contribution >= 4 is 0 Å². The molecule has 0 bridgehead atoms. The van der Waals surface area contributed by atoms with Crippen molar-refractivity contribution in [3.05, 3.63) is 41.8 Å². The van der Waals surface area contributed by atoms with Crippen LogP contribution in [0.15, 0.2) is 35.0 Å². The number of nitrogens with zero attached hydrogens (tertiary/aromatic N) is 1. The molecule has 2 rings (SSSR count). The third kappa shape index (κ3) is 1.92. The molecule has 0 aliphatic carbocycles. The molecule has 0 radical (unpaired) electrons. The molecule has 0 aliphatic heterocycles. The Bertz CT molecular complexity index is 460. The average Bonchev–Trinajstić information content (AvgIpc) is 2.65. The zero-order valence-corrected chi connectivity index (χ0v) is 8.90. The summed E-state index contributed by atoms with van der Waals surface area (Å²) in [6.07, 6.45) is 1.72. The quantitative estimate of drug-likeness (QED) is 0.814. The maximum atomic E-state index is 5.80. The highest BCUT2D eigenvalue weighted by atomic mass is 16.5. The van der Waals surface area contributed by atoms with E-state index in [0.29, 0.717) is 0 Å². The van der Waals surface area contributed by atoms with Crippen LogP contribution < -0.4 is 5.73 Å². The number of hydrogen-bond acceptors (Lipinski definition) is 3. The number of benzene rings is 1. The Morgan fingerprint density at radius 2 is 2.20 bits per heavy atom. The van der Waals surface area contributed by atoms with Crippen LogP contribution >= 0.6 is 0 Å². The minimum Gasteiger partial charge on any atom is -0.359 e. The van der Waals surface area contributed by atoms with Gasteiger partial charge >= 0.3 is 0 Å². The van der Waals surface area contributed by atoms with Gasteiger partial charge in [0.1, 0.15) is 0 Å². The molecule has 3 heteroatoms. The molecule has 2 N–H and O–H groups in total. The summed E-state index contributed by atoms with van der Waals surface area (Å²) in [5.41, 5.74) is 9.09. The SMILES string of the molecule is Cc1cccc(-c2cnoc2C(C)N)c1. The molecule has 1 aromatic heterocycles. The molecule has 1 heterocycles. The van der Waals surface area contributed by atoms with Crippen LogP contribution in [0.1, 0.15) is 24.3 Å². The largest absolute Gasteiger partial charge is 0.359 e. The highest BCUT2D eigenvalue weighted by molar-refractivity contribution is 5.65. The summed E-state index contributed by atoms with van der Waals surface area (Å²) in [6.45, 7) is 3.95. The predicted molar refractivity (Wildman–Crippen MR) is 59.3 cm³/mol. The van der Waals surface area contributed by atoms with E-state index in [1.807, 2.05) is 19.1 Å². The van der Waals surface area contributed by atoms with Crippen molar-refractivity contribution in [1.82, 2.24) is 5.16 Å². The Morgan fingerprint density at radius 1 is 1.40 bits per heavy atom. The molecule has 1 unspecified atom stereocenters. The molecule has 0 saturated carbocycles. The van der Waals surface area contributed by atoms with Crippen LogP contribution in [0.25, 0.3) is 11.1 Å². The molecule has 3 nitrogen and oxygen atoms in total. The van der Waals surface area contributed by atoms with Crippen molar-refractivity contribution in [3.63, 3.8) is 0 Å². The number of nitrogens with two attached hydrogens (primary N) is 1. The predicted octanol–water partition coefficient (Wildman–Crippen LogP) is 2.67. The maximum absolute atomic E-state index is 5.80. The molecule has 15 heavy (non-hydrogen) atoms. The summed E-state index contributed by atoms with van der Waals surface area (Å²) >= 11 is 0. The zero-order valence-electron chi connectivity index (χ0n) is 8.90. The fraction of sp³-hybridized carbons (Fsp3) is 0.250. The number of hydrogen-bond donors (Lipinski definition) is 1. The van der Waals surface area contributed by atoms with Gasteiger partial charge in [0, 0.05) is 5.56 Å². The molecule has 0 spiro atoms. The molecule has 1 atom stereocenters. The van der Waals surface area contributed by atoms with Crippen molar-refractivity contribution in [2.45, 2.75) is 19.9 Å². The second kappa shape index (κ2) is 3.87. The van der Waals surface area contributed by atoms with Crippen molar-refractivity contribution in [1.29, 1.82) is 0 Å². The molecule has 78 valence electrons. The van der Waals surface area contributed by atoms with E-state index >= 15 is 0 Å². The minimum atomic E-state index is -0.136. The highest BCUT2D eigenvalue weighted by Gasteiger charge is 2.13. The van der Waals surface area contributed by atoms with E-state index in [4.69, 9.17) is 10.3 Å². The Morgan fingerprint density at radius 3 is 2.87 bits per heavy atom. The van der Waals surface area contributed by atoms with Crippen molar-refractivity contribution in [2.75, 3.05) is 0 Å². The van der Waals surface area contributed by atoms with Gasteiger partial charge in [0.2, 0.25) is 0 Å². The normalized spacial score (nSPS) is 12.7. The third-order valence-electron chi connectivity index (χ3n) is 2.34. The fourth-order valence-electron chi connectivity index (χ4n) is 1.61. The number of aryl methyl sites for hydroxylation is 1. The second-order valence-electron chi connectivity index (χ2n) is 3.76. The minimum absolute atomic E-state index is 0.136. The van der Waals surface area contributed by atoms with Gasteiger partial charge in [0.05, 0.1) is 12.2 Å². The standard InChI is InChI=1S/C12H14N2O/c1-8-4-3-5-10(6-8)11-7-14-15-12(11)9(2)13/h3-7,9H,13H2,1-2H3. The van der Waals surface area contributed by atoms with Crippen LogP contribution in [0, 0.1) is 6.92 Å². The van der Waals surface area contributed by atoms with Crippen LogP contribution in [0.2, 0.25) is 0 Å². The van der Waals surface area contributed by atoms with Gasteiger partial charge in [-0.05, 0) is 19.4 Å². The molecular formula is C12H14N2O. The first-order valence-corrected chi connectivity index (χ1v) is 4.95. The molecule has 0 saturated heterocycles. The van der Waals surface area contributed by atoms with Crippen LogP contribution in [0.4, 0.5) is 0 Å². The van der Waals surface area contributed by atoms with Crippen molar-refractivity contribution < 1.29 is 4.52 Å². The maximum Gasteiger partial charge on any atom is 0.160 e. The van der Waals surface area contributed by atoms with Gasteiger partial charge in [0.25, 0.3) is 0 Å². The summed E-state index contributed by atoms with van der Waals surface area (Å²) in [5.74, 6) is 0.737. The molecule has 0 aliphatic rings. The fourth-order valence-corrected chi connectivity index (χ4v) is 1.61. The van der Waals surface area contributed by atoms with Gasteiger partial charge in [-0.15, -0.1) is 0 Å². The van der Waals surface area contributed by atoms with Gasteiger partial charge in [0.15, 0.2) is 5.76 Å². The lowest BCUT2D eigenvalue weighted by molar-refractivity contribution is 0.368. The lowest BCUT2D eigenvalue weighted by Gasteiger charge is -2.04. The Kier molecular flexibility index (Phi) is 2.56. The van der Waals surface area contributed by atoms with E-state index in [1.165, 1.54) is 5.56 Å². The lowest BCUT2D eigenvalue weighted by atomic mass is 10.0. The number of rotatable bonds is 2. The monoisotopic (exact) mass is 202 g/mol. The van der Waals surface area contributed by atoms with E-state index in [0.717, 1.165) is 16.9 Å². The Balaban J connectivity index is 2.49. The van der Waals surface area contributed by atoms with Crippen LogP contribution in [-0.2, 0) is 0 Å². The van der Waals surface area contributed by atoms with E-state index in [-0.39, 0.29) is 6.04 Å². The van der Waals surface area contributed by atoms with Gasteiger partial charge in [-0.3, -0.25) is 0 Å². The lowest BCUT2D eigenvalue weighted by Crippen LogP contribution is -2.04. The third-order valence-corrected chi connectivity index (χ3v) is 2.34. The first-order chi connectivity index (χ1) is 7.18. The average molecular weight is 202 g/mol. The Hall–Kier alpha value is -1.61. The van der Waals surface area contributed by atoms with Crippen molar-refractivity contribution in [2.24, 2.45) is 5.73 Å². The summed E-state index contributed by atoms with van der Waals surface area (Å²) < 4.78 is 5.15. The zero-order chi connectivity index (χ0) is 10.8. The first kappa shape index (κ1) is 9.93. The number of aromatic nitrogens is 1. The van der Waals surface area contributed by atoms with Crippen molar-refractivity contribution in [3.8, 4) is 11.1 Å². The highest BCUT2D eigenvalue weighted by Crippen LogP contribution is 2.27. The van der Waals surface area contributed by atoms with Crippen LogP contribution in [-0.4, -0.2) is 5.16 Å². The molecule has 0 amide bonds. The molecule has 0 fully saturated rings. The second-order valence-corrected chi connectivity index (χ2v) is 3.76. The Labute approximate surface area is 88.9 Å². The van der Waals surface area contributed by atoms with Gasteiger partial charge in [-0.25, -0.2) is 0 Å². The van der Waals surface area contributed by atoms with Gasteiger partial charge < -0.3 is 10.3 Å². The summed E-state index contributed by atoms with van der Waals surface area (Å²) in [6, 6.07) is 8.07. The summed E-state index contributed by atoms with van der Waals surface area (Å²) in [5, 5.41) is 3.79. The van der Waals surface area contributed by atoms with Gasteiger partial charge in [-0.2, -0.15) is 0 Å². The van der Waals surface area contributed by atoms with Crippen LogP contribution in [0.5, 0.6) is 0 Å². The smallest absolute Gasteiger partial charge is 0.160 e. The van der Waals surface area contributed by atoms with E-state index in [2.05, 4.69) is 24.2 Å². The van der Waals surface area contributed by atoms with Gasteiger partial charge in [-0.1, -0.05) is 35.0 Å². The van der Waals surface area contributed by atoms with E-state index < -0.39 is 0 Å². The molecular weight excluding hydrogens is 188 g/mol. The topological polar surface area (TPSA) is 52.0 Å². The van der Waals surface area contributed by atoms with Crippen LogP contribution in [0.3, 0.4) is 0 Å². The van der Waals surface area contributed by atoms with E-state index in [1.54, 1.807) is 6.20 Å². The molecule has 1 aromatic carbocycles. The summed E-state index contributed by atoms with van der Waals surface area (Å²) in [7, 11) is 0. The van der Waals surface area contributed by atoms with E-state index in [9.17, 15) is 0 Å². The first-order valence-electron chi connectivity index (χ1n) is 4.95. The molecule has 2 aromatic rings. The summed E-state index contributed by atoms with van der Waals surface area (Å²) in [4.78, 5) is 0.